The molecular weight excluding hydrogens is 366 g/mol. The van der Waals surface area contributed by atoms with E-state index in [1.165, 1.54) is 32.1 Å². The van der Waals surface area contributed by atoms with Crippen LogP contribution >= 0.6 is 0 Å². The fraction of sp³-hybridized carbons (Fsp3) is 0.458. The third-order valence-electron chi connectivity index (χ3n) is 5.57. The van der Waals surface area contributed by atoms with Crippen LogP contribution in [0, 0.1) is 0 Å². The number of nitrogens with one attached hydrogen (secondary N) is 1. The second kappa shape index (κ2) is 10.3. The molecule has 0 radical (unpaired) electrons. The Kier molecular flexibility index (Phi) is 7.53. The molecule has 3 N–H and O–H groups in total. The van der Waals surface area contributed by atoms with Gasteiger partial charge in [-0.2, -0.15) is 0 Å². The maximum Gasteiger partial charge on any atom is 0.227 e. The van der Waals surface area contributed by atoms with Crippen molar-refractivity contribution in [3.63, 3.8) is 0 Å². The van der Waals surface area contributed by atoms with Gasteiger partial charge in [-0.25, -0.2) is 0 Å². The van der Waals surface area contributed by atoms with Gasteiger partial charge in [-0.15, -0.1) is 0 Å². The summed E-state index contributed by atoms with van der Waals surface area (Å²) < 4.78 is 5.77. The molecule has 0 amide bonds. The lowest BCUT2D eigenvalue weighted by molar-refractivity contribution is 0.232. The molecule has 0 aliphatic carbocycles. The Labute approximate surface area is 171 Å². The van der Waals surface area contributed by atoms with Gasteiger partial charge in [0.25, 0.3) is 0 Å². The minimum Gasteiger partial charge on any atom is -0.502 e. The Morgan fingerprint density at radius 3 is 2.55 bits per heavy atom. The van der Waals surface area contributed by atoms with Crippen LogP contribution in [0.4, 0.5) is 0 Å². The number of para-hydroxylation sites is 1. The Balaban J connectivity index is 1.87. The predicted molar refractivity (Wildman–Crippen MR) is 115 cm³/mol. The van der Waals surface area contributed by atoms with Crippen molar-refractivity contribution in [2.24, 2.45) is 0 Å². The number of hydrogen-bond acceptors (Lipinski definition) is 4. The highest BCUT2D eigenvalue weighted by Crippen LogP contribution is 2.38. The summed E-state index contributed by atoms with van der Waals surface area (Å²) in [6, 6.07) is 9.13. The lowest BCUT2D eigenvalue weighted by atomic mass is 9.89. The summed E-state index contributed by atoms with van der Waals surface area (Å²) in [5.41, 5.74) is 1.49. The molecule has 0 saturated heterocycles. The zero-order valence-corrected chi connectivity index (χ0v) is 17.1. The van der Waals surface area contributed by atoms with Crippen LogP contribution in [0.2, 0.25) is 0 Å². The van der Waals surface area contributed by atoms with Crippen LogP contribution in [0.25, 0.3) is 10.9 Å². The summed E-state index contributed by atoms with van der Waals surface area (Å²) >= 11 is 0. The van der Waals surface area contributed by atoms with E-state index in [1.54, 1.807) is 0 Å². The van der Waals surface area contributed by atoms with Crippen molar-refractivity contribution in [1.82, 2.24) is 4.98 Å². The summed E-state index contributed by atoms with van der Waals surface area (Å²) in [5, 5.41) is 21.0. The maximum atomic E-state index is 12.2. The average molecular weight is 398 g/mol. The third-order valence-corrected chi connectivity index (χ3v) is 5.57. The van der Waals surface area contributed by atoms with E-state index in [2.05, 4.69) is 11.9 Å². The summed E-state index contributed by atoms with van der Waals surface area (Å²) in [6.45, 7) is 1.84. The van der Waals surface area contributed by atoms with Gasteiger partial charge in [0.2, 0.25) is 11.2 Å². The molecule has 1 atom stereocenters. The predicted octanol–water partition coefficient (Wildman–Crippen LogP) is 5.59. The zero-order chi connectivity index (χ0) is 20.6. The number of aliphatic hydroxyl groups is 1. The molecule has 3 rings (SSSR count). The molecule has 0 aliphatic heterocycles. The van der Waals surface area contributed by atoms with Crippen LogP contribution in [0.3, 0.4) is 0 Å². The zero-order valence-electron chi connectivity index (χ0n) is 17.1. The lowest BCUT2D eigenvalue weighted by Gasteiger charge is -2.17. The quantitative estimate of drug-likeness (QED) is 0.368. The van der Waals surface area contributed by atoms with Crippen LogP contribution in [0.15, 0.2) is 45.7 Å². The molecule has 1 aromatic carbocycles. The number of aromatic hydroxyl groups is 1. The number of unbranched alkanes of at least 4 members (excludes halogenated alkanes) is 6. The molecule has 1 unspecified atom stereocenters. The van der Waals surface area contributed by atoms with Gasteiger partial charge in [-0.1, -0.05) is 70.1 Å². The summed E-state index contributed by atoms with van der Waals surface area (Å²) in [4.78, 5) is 15.5. The second-order valence-electron chi connectivity index (χ2n) is 7.70. The summed E-state index contributed by atoms with van der Waals surface area (Å²) in [5.74, 6) is -0.189. The Morgan fingerprint density at radius 2 is 1.79 bits per heavy atom. The van der Waals surface area contributed by atoms with E-state index in [0.717, 1.165) is 41.8 Å². The van der Waals surface area contributed by atoms with Crippen LogP contribution in [0.1, 0.15) is 81.3 Å². The number of fused-ring (bicyclic) bond motifs is 1. The first-order valence-corrected chi connectivity index (χ1v) is 10.7. The molecule has 29 heavy (non-hydrogen) atoms. The van der Waals surface area contributed by atoms with Crippen molar-refractivity contribution >= 4 is 10.9 Å². The molecule has 5 nitrogen and oxygen atoms in total. The standard InChI is InChI=1S/C24H31NO4/c1-2-3-4-5-6-7-8-12-19(20-15-25-21-13-10-9-11-18(20)21)24-23(28)22(27)14-17(16-26)29-24/h9-11,13-15,19,25-26,28H,2-8,12,16H2,1H3. The number of hydrogen-bond donors (Lipinski definition) is 3. The van der Waals surface area contributed by atoms with Crippen LogP contribution in [-0.4, -0.2) is 15.2 Å². The first kappa shape index (κ1) is 21.2. The molecule has 0 spiro atoms. The largest absolute Gasteiger partial charge is 0.502 e. The number of aromatic nitrogens is 1. The van der Waals surface area contributed by atoms with E-state index in [-0.39, 0.29) is 29.8 Å². The highest BCUT2D eigenvalue weighted by molar-refractivity contribution is 5.84. The Hall–Kier alpha value is -2.53. The highest BCUT2D eigenvalue weighted by atomic mass is 16.4. The highest BCUT2D eigenvalue weighted by Gasteiger charge is 2.25. The molecule has 0 bridgehead atoms. The average Bonchev–Trinajstić information content (AvgIpc) is 3.16. The van der Waals surface area contributed by atoms with Crippen molar-refractivity contribution < 1.29 is 14.6 Å². The first-order chi connectivity index (χ1) is 14.2. The van der Waals surface area contributed by atoms with E-state index >= 15 is 0 Å². The second-order valence-corrected chi connectivity index (χ2v) is 7.70. The third kappa shape index (κ3) is 5.10. The molecule has 3 aromatic rings. The lowest BCUT2D eigenvalue weighted by Crippen LogP contribution is -2.10. The van der Waals surface area contributed by atoms with Crippen molar-refractivity contribution in [1.29, 1.82) is 0 Å². The van der Waals surface area contributed by atoms with Gasteiger partial charge in [0.05, 0.1) is 0 Å². The smallest absolute Gasteiger partial charge is 0.227 e. The molecular formula is C24H31NO4. The molecule has 2 aromatic heterocycles. The number of benzene rings is 1. The summed E-state index contributed by atoms with van der Waals surface area (Å²) in [7, 11) is 0. The monoisotopic (exact) mass is 397 g/mol. The molecule has 5 heteroatoms. The van der Waals surface area contributed by atoms with Gasteiger partial charge in [0.1, 0.15) is 12.4 Å². The SMILES string of the molecule is CCCCCCCCCC(c1oc(CO)cc(=O)c1O)c1c[nH]c2ccccc12. The minimum absolute atomic E-state index is 0.173. The molecule has 0 aliphatic rings. The van der Waals surface area contributed by atoms with E-state index < -0.39 is 5.43 Å². The van der Waals surface area contributed by atoms with Crippen LogP contribution in [-0.2, 0) is 6.61 Å². The van der Waals surface area contributed by atoms with Crippen molar-refractivity contribution in [2.75, 3.05) is 0 Å². The van der Waals surface area contributed by atoms with Gasteiger partial charge in [0.15, 0.2) is 5.76 Å². The number of aliphatic hydroxyl groups excluding tert-OH is 1. The van der Waals surface area contributed by atoms with Gasteiger partial charge < -0.3 is 19.6 Å². The molecule has 0 fully saturated rings. The maximum absolute atomic E-state index is 12.2. The fourth-order valence-corrected chi connectivity index (χ4v) is 3.98. The van der Waals surface area contributed by atoms with Crippen LogP contribution in [0.5, 0.6) is 5.75 Å². The Morgan fingerprint density at radius 1 is 1.07 bits per heavy atom. The van der Waals surface area contributed by atoms with Crippen molar-refractivity contribution in [3.05, 3.63) is 63.8 Å². The van der Waals surface area contributed by atoms with E-state index in [9.17, 15) is 15.0 Å². The van der Waals surface area contributed by atoms with Crippen molar-refractivity contribution in [2.45, 2.75) is 70.8 Å². The van der Waals surface area contributed by atoms with Gasteiger partial charge >= 0.3 is 0 Å². The molecule has 2 heterocycles. The fourth-order valence-electron chi connectivity index (χ4n) is 3.98. The first-order valence-electron chi connectivity index (χ1n) is 10.7. The topological polar surface area (TPSA) is 86.5 Å². The molecule has 156 valence electrons. The van der Waals surface area contributed by atoms with Crippen LogP contribution < -0.4 is 5.43 Å². The number of rotatable bonds is 11. The van der Waals surface area contributed by atoms with E-state index in [0.29, 0.717) is 0 Å². The van der Waals surface area contributed by atoms with Gasteiger partial charge in [0, 0.05) is 29.1 Å². The van der Waals surface area contributed by atoms with Gasteiger partial charge in [-0.3, -0.25) is 4.79 Å². The number of aromatic amines is 1. The number of H-pyrrole nitrogens is 1. The van der Waals surface area contributed by atoms with Crippen molar-refractivity contribution in [3.8, 4) is 5.75 Å². The van der Waals surface area contributed by atoms with E-state index in [4.69, 9.17) is 4.42 Å². The minimum atomic E-state index is -0.514. The normalized spacial score (nSPS) is 12.5. The van der Waals surface area contributed by atoms with E-state index in [1.807, 2.05) is 30.5 Å². The van der Waals surface area contributed by atoms with Gasteiger partial charge in [-0.05, 0) is 18.1 Å². The Bertz CT molecular complexity index is 972. The summed E-state index contributed by atoms with van der Waals surface area (Å²) in [6.07, 6.45) is 11.0. The molecule has 0 saturated carbocycles.